The summed E-state index contributed by atoms with van der Waals surface area (Å²) in [5.74, 6) is 5.56. The van der Waals surface area contributed by atoms with Crippen LogP contribution in [0.2, 0.25) is 0 Å². The lowest BCUT2D eigenvalue weighted by Crippen LogP contribution is -2.05. The highest BCUT2D eigenvalue weighted by Gasteiger charge is 2.12. The van der Waals surface area contributed by atoms with Crippen molar-refractivity contribution in [3.63, 3.8) is 0 Å². The molecule has 5 nitrogen and oxygen atoms in total. The van der Waals surface area contributed by atoms with Crippen molar-refractivity contribution < 1.29 is 9.72 Å². The third-order valence-electron chi connectivity index (χ3n) is 2.08. The van der Waals surface area contributed by atoms with Crippen molar-refractivity contribution >= 4 is 12.0 Å². The minimum Gasteiger partial charge on any atom is -0.319 e. The van der Waals surface area contributed by atoms with Gasteiger partial charge in [0, 0.05) is 24.6 Å². The summed E-state index contributed by atoms with van der Waals surface area (Å²) in [6.45, 7) is 0.729. The van der Waals surface area contributed by atoms with Crippen molar-refractivity contribution in [1.82, 2.24) is 5.32 Å². The minimum absolute atomic E-state index is 0.133. The van der Waals surface area contributed by atoms with Gasteiger partial charge >= 0.3 is 0 Å². The van der Waals surface area contributed by atoms with Crippen molar-refractivity contribution in [2.75, 3.05) is 13.6 Å². The standard InChI is InChI=1S/C12H12N2O3/c1-13-7-3-2-4-11-6-5-10(9-15)8-12(11)14(16)17/h5-6,8-9,13H,3,7H2,1H3. The van der Waals surface area contributed by atoms with E-state index in [1.807, 2.05) is 7.05 Å². The first-order valence-corrected chi connectivity index (χ1v) is 5.06. The summed E-state index contributed by atoms with van der Waals surface area (Å²) in [5, 5.41) is 13.7. The number of benzene rings is 1. The summed E-state index contributed by atoms with van der Waals surface area (Å²) in [7, 11) is 1.81. The molecule has 0 radical (unpaired) electrons. The van der Waals surface area contributed by atoms with Gasteiger partial charge in [-0.3, -0.25) is 14.9 Å². The predicted molar refractivity (Wildman–Crippen MR) is 63.9 cm³/mol. The first kappa shape index (κ1) is 12.9. The van der Waals surface area contributed by atoms with E-state index in [1.165, 1.54) is 18.2 Å². The highest BCUT2D eigenvalue weighted by molar-refractivity contribution is 5.77. The van der Waals surface area contributed by atoms with Gasteiger partial charge in [-0.25, -0.2) is 0 Å². The summed E-state index contributed by atoms with van der Waals surface area (Å²) < 4.78 is 0. The molecule has 0 heterocycles. The Kier molecular flexibility index (Phi) is 4.85. The van der Waals surface area contributed by atoms with Crippen molar-refractivity contribution in [1.29, 1.82) is 0 Å². The van der Waals surface area contributed by atoms with Gasteiger partial charge in [0.05, 0.1) is 4.92 Å². The molecular formula is C12H12N2O3. The zero-order valence-corrected chi connectivity index (χ0v) is 9.40. The molecule has 0 atom stereocenters. The lowest BCUT2D eigenvalue weighted by molar-refractivity contribution is -0.385. The predicted octanol–water partition coefficient (Wildman–Crippen LogP) is 1.37. The summed E-state index contributed by atoms with van der Waals surface area (Å²) in [6, 6.07) is 4.24. The molecule has 1 aromatic rings. The molecule has 0 amide bonds. The highest BCUT2D eigenvalue weighted by atomic mass is 16.6. The molecule has 1 aromatic carbocycles. The fourth-order valence-corrected chi connectivity index (χ4v) is 1.22. The van der Waals surface area contributed by atoms with E-state index < -0.39 is 4.92 Å². The third-order valence-corrected chi connectivity index (χ3v) is 2.08. The van der Waals surface area contributed by atoms with Crippen LogP contribution in [0.1, 0.15) is 22.3 Å². The zero-order chi connectivity index (χ0) is 12.7. The van der Waals surface area contributed by atoms with Crippen LogP contribution in [0.15, 0.2) is 18.2 Å². The topological polar surface area (TPSA) is 72.2 Å². The minimum atomic E-state index is -0.533. The molecule has 0 aliphatic heterocycles. The molecule has 0 fully saturated rings. The van der Waals surface area contributed by atoms with E-state index in [1.54, 1.807) is 0 Å². The second-order valence-electron chi connectivity index (χ2n) is 3.31. The van der Waals surface area contributed by atoms with Crippen molar-refractivity contribution in [3.8, 4) is 11.8 Å². The molecule has 0 spiro atoms. The summed E-state index contributed by atoms with van der Waals surface area (Å²) >= 11 is 0. The van der Waals surface area contributed by atoms with Crippen LogP contribution in [-0.4, -0.2) is 24.8 Å². The molecule has 17 heavy (non-hydrogen) atoms. The fourth-order valence-electron chi connectivity index (χ4n) is 1.22. The van der Waals surface area contributed by atoms with Crippen LogP contribution in [-0.2, 0) is 0 Å². The van der Waals surface area contributed by atoms with Crippen LogP contribution in [0.5, 0.6) is 0 Å². The lowest BCUT2D eigenvalue weighted by atomic mass is 10.1. The third kappa shape index (κ3) is 3.70. The van der Waals surface area contributed by atoms with Gasteiger partial charge in [0.1, 0.15) is 11.8 Å². The second-order valence-corrected chi connectivity index (χ2v) is 3.31. The second kappa shape index (κ2) is 6.40. The molecule has 1 N–H and O–H groups in total. The number of nitrogens with one attached hydrogen (secondary N) is 1. The molecule has 0 saturated heterocycles. The number of rotatable bonds is 4. The average molecular weight is 232 g/mol. The van der Waals surface area contributed by atoms with Gasteiger partial charge in [0.2, 0.25) is 0 Å². The summed E-state index contributed by atoms with van der Waals surface area (Å²) in [6.07, 6.45) is 1.19. The van der Waals surface area contributed by atoms with Gasteiger partial charge in [-0.2, -0.15) is 0 Å². The monoisotopic (exact) mass is 232 g/mol. The Labute approximate surface area is 99.0 Å². The van der Waals surface area contributed by atoms with E-state index in [0.29, 0.717) is 18.3 Å². The fraction of sp³-hybridized carbons (Fsp3) is 0.250. The number of carbonyl (C=O) groups is 1. The number of hydrogen-bond acceptors (Lipinski definition) is 4. The van der Waals surface area contributed by atoms with E-state index in [-0.39, 0.29) is 11.3 Å². The molecule has 0 saturated carbocycles. The SMILES string of the molecule is CNCCC#Cc1ccc(C=O)cc1[N+](=O)[O-]. The molecule has 1 rings (SSSR count). The molecule has 0 aliphatic carbocycles. The smallest absolute Gasteiger partial charge is 0.285 e. The van der Waals surface area contributed by atoms with Crippen LogP contribution in [0, 0.1) is 22.0 Å². The molecule has 0 aliphatic rings. The van der Waals surface area contributed by atoms with E-state index in [2.05, 4.69) is 17.2 Å². The number of aldehydes is 1. The van der Waals surface area contributed by atoms with Crippen LogP contribution in [0.4, 0.5) is 5.69 Å². The van der Waals surface area contributed by atoms with Crippen molar-refractivity contribution in [2.24, 2.45) is 0 Å². The largest absolute Gasteiger partial charge is 0.319 e. The Morgan fingerprint density at radius 1 is 1.53 bits per heavy atom. The molecular weight excluding hydrogens is 220 g/mol. The lowest BCUT2D eigenvalue weighted by Gasteiger charge is -1.96. The highest BCUT2D eigenvalue weighted by Crippen LogP contribution is 2.18. The Morgan fingerprint density at radius 2 is 2.29 bits per heavy atom. The maximum atomic E-state index is 10.8. The van der Waals surface area contributed by atoms with E-state index in [4.69, 9.17) is 0 Å². The molecule has 0 unspecified atom stereocenters. The van der Waals surface area contributed by atoms with Crippen molar-refractivity contribution in [2.45, 2.75) is 6.42 Å². The Balaban J connectivity index is 3.01. The number of nitrogens with zero attached hydrogens (tertiary/aromatic N) is 1. The van der Waals surface area contributed by atoms with Crippen molar-refractivity contribution in [3.05, 3.63) is 39.4 Å². The molecule has 0 bridgehead atoms. The maximum absolute atomic E-state index is 10.8. The first-order chi connectivity index (χ1) is 8.19. The average Bonchev–Trinajstić information content (AvgIpc) is 2.34. The quantitative estimate of drug-likeness (QED) is 0.280. The first-order valence-electron chi connectivity index (χ1n) is 5.06. The Hall–Kier alpha value is -2.19. The van der Waals surface area contributed by atoms with Crippen LogP contribution < -0.4 is 5.32 Å². The van der Waals surface area contributed by atoms with Gasteiger partial charge in [-0.15, -0.1) is 0 Å². The van der Waals surface area contributed by atoms with Crippen LogP contribution in [0.3, 0.4) is 0 Å². The molecule has 0 aromatic heterocycles. The zero-order valence-electron chi connectivity index (χ0n) is 9.40. The van der Waals surface area contributed by atoms with E-state index in [9.17, 15) is 14.9 Å². The molecule has 88 valence electrons. The van der Waals surface area contributed by atoms with Gasteiger partial charge < -0.3 is 5.32 Å². The van der Waals surface area contributed by atoms with Gasteiger partial charge in [0.25, 0.3) is 5.69 Å². The summed E-state index contributed by atoms with van der Waals surface area (Å²) in [5.41, 5.74) is 0.473. The van der Waals surface area contributed by atoms with E-state index in [0.717, 1.165) is 6.54 Å². The maximum Gasteiger partial charge on any atom is 0.285 e. The molecule has 5 heteroatoms. The van der Waals surface area contributed by atoms with Gasteiger partial charge in [0.15, 0.2) is 0 Å². The normalized spacial score (nSPS) is 9.24. The number of nitro groups is 1. The van der Waals surface area contributed by atoms with E-state index >= 15 is 0 Å². The number of nitro benzene ring substituents is 1. The Bertz CT molecular complexity index is 486. The Morgan fingerprint density at radius 3 is 2.88 bits per heavy atom. The van der Waals surface area contributed by atoms with Gasteiger partial charge in [-0.1, -0.05) is 11.8 Å². The number of carbonyl (C=O) groups excluding carboxylic acids is 1. The number of hydrogen-bond donors (Lipinski definition) is 1. The van der Waals surface area contributed by atoms with Crippen LogP contribution in [0.25, 0.3) is 0 Å². The summed E-state index contributed by atoms with van der Waals surface area (Å²) in [4.78, 5) is 20.8. The van der Waals surface area contributed by atoms with Crippen LogP contribution >= 0.6 is 0 Å². The van der Waals surface area contributed by atoms with Gasteiger partial charge in [-0.05, 0) is 19.2 Å².